The van der Waals surface area contributed by atoms with Crippen molar-refractivity contribution in [2.45, 2.75) is 18.1 Å². The third-order valence-electron chi connectivity index (χ3n) is 1.99. The van der Waals surface area contributed by atoms with Crippen molar-refractivity contribution in [3.63, 3.8) is 0 Å². The van der Waals surface area contributed by atoms with E-state index in [0.717, 1.165) is 16.9 Å². The summed E-state index contributed by atoms with van der Waals surface area (Å²) < 4.78 is 26.0. The summed E-state index contributed by atoms with van der Waals surface area (Å²) in [4.78, 5) is 0. The van der Waals surface area contributed by atoms with Gasteiger partial charge >= 0.3 is 0 Å². The van der Waals surface area contributed by atoms with Gasteiger partial charge in [0.2, 0.25) is 0 Å². The first kappa shape index (κ1) is 13.2. The average molecular weight is 260 g/mol. The van der Waals surface area contributed by atoms with Crippen molar-refractivity contribution in [1.29, 1.82) is 0 Å². The van der Waals surface area contributed by atoms with Crippen LogP contribution >= 0.6 is 11.3 Å². The molecule has 0 unspecified atom stereocenters. The van der Waals surface area contributed by atoms with E-state index in [2.05, 4.69) is 6.58 Å². The van der Waals surface area contributed by atoms with Gasteiger partial charge in [-0.1, -0.05) is 19.1 Å². The van der Waals surface area contributed by atoms with Gasteiger partial charge < -0.3 is 5.73 Å². The van der Waals surface area contributed by atoms with Crippen molar-refractivity contribution in [3.8, 4) is 0 Å². The second-order valence-corrected chi connectivity index (χ2v) is 6.66. The van der Waals surface area contributed by atoms with Crippen LogP contribution in [0.25, 0.3) is 0 Å². The van der Waals surface area contributed by atoms with Gasteiger partial charge in [-0.2, -0.15) is 4.31 Å². The molecule has 1 aromatic heterocycles. The Balaban J connectivity index is 3.04. The Morgan fingerprint density at radius 3 is 2.62 bits per heavy atom. The number of nitrogens with zero attached hydrogens (tertiary/aromatic N) is 1. The number of sulfonamides is 1. The van der Waals surface area contributed by atoms with E-state index in [9.17, 15) is 8.42 Å². The summed E-state index contributed by atoms with van der Waals surface area (Å²) in [6.07, 6.45) is 0. The topological polar surface area (TPSA) is 63.4 Å². The molecule has 2 N–H and O–H groups in total. The van der Waals surface area contributed by atoms with Crippen molar-refractivity contribution in [2.75, 3.05) is 18.8 Å². The number of likely N-dealkylation sites (N-methyl/N-ethyl adjacent to an activating group) is 1. The Morgan fingerprint density at radius 2 is 2.25 bits per heavy atom. The van der Waals surface area contributed by atoms with E-state index in [4.69, 9.17) is 5.73 Å². The normalized spacial score (nSPS) is 11.9. The summed E-state index contributed by atoms with van der Waals surface area (Å²) in [5.74, 6) is 0. The van der Waals surface area contributed by atoms with E-state index in [-0.39, 0.29) is 4.21 Å². The Morgan fingerprint density at radius 1 is 1.62 bits per heavy atom. The Hall–Kier alpha value is -0.850. The fourth-order valence-electron chi connectivity index (χ4n) is 1.26. The molecule has 1 aromatic rings. The van der Waals surface area contributed by atoms with E-state index in [1.165, 1.54) is 10.4 Å². The molecular weight excluding hydrogens is 244 g/mol. The van der Waals surface area contributed by atoms with Gasteiger partial charge in [0.15, 0.2) is 0 Å². The van der Waals surface area contributed by atoms with Crippen molar-refractivity contribution in [1.82, 2.24) is 4.31 Å². The first-order valence-electron chi connectivity index (χ1n) is 4.86. The fourth-order valence-corrected chi connectivity index (χ4v) is 4.00. The summed E-state index contributed by atoms with van der Waals surface area (Å²) in [6.45, 7) is 8.10. The molecule has 0 bridgehead atoms. The molecule has 0 fully saturated rings. The van der Waals surface area contributed by atoms with Crippen molar-refractivity contribution < 1.29 is 8.42 Å². The number of hydrogen-bond donors (Lipinski definition) is 1. The number of nitrogens with two attached hydrogens (primary N) is 1. The first-order valence-corrected chi connectivity index (χ1v) is 7.18. The minimum absolute atomic E-state index is 0.285. The molecule has 0 saturated heterocycles. The van der Waals surface area contributed by atoms with E-state index in [1.807, 2.05) is 0 Å². The van der Waals surface area contributed by atoms with Crippen LogP contribution in [0.2, 0.25) is 0 Å². The van der Waals surface area contributed by atoms with Gasteiger partial charge in [0.1, 0.15) is 4.21 Å². The summed E-state index contributed by atoms with van der Waals surface area (Å²) in [6, 6.07) is 1.49. The molecular formula is C10H16N2O2S2. The molecule has 1 rings (SSSR count). The van der Waals surface area contributed by atoms with Crippen LogP contribution in [0.15, 0.2) is 27.8 Å². The second kappa shape index (κ2) is 4.99. The van der Waals surface area contributed by atoms with E-state index in [0.29, 0.717) is 18.8 Å². The molecule has 1 heterocycles. The number of nitrogen functional groups attached to an aromatic ring is 1. The minimum Gasteiger partial charge on any atom is -0.398 e. The van der Waals surface area contributed by atoms with E-state index < -0.39 is 10.0 Å². The predicted octanol–water partition coefficient (Wildman–Crippen LogP) is 1.92. The van der Waals surface area contributed by atoms with Gasteiger partial charge in [0, 0.05) is 24.2 Å². The lowest BCUT2D eigenvalue weighted by atomic mass is 10.3. The van der Waals surface area contributed by atoms with Gasteiger partial charge in [-0.15, -0.1) is 11.3 Å². The zero-order valence-corrected chi connectivity index (χ0v) is 11.1. The summed E-state index contributed by atoms with van der Waals surface area (Å²) in [5.41, 5.74) is 6.82. The highest BCUT2D eigenvalue weighted by atomic mass is 32.2. The molecule has 0 radical (unpaired) electrons. The largest absolute Gasteiger partial charge is 0.398 e. The Bertz CT molecular complexity index is 477. The quantitative estimate of drug-likeness (QED) is 0.823. The molecule has 6 heteroatoms. The molecule has 90 valence electrons. The van der Waals surface area contributed by atoms with Crippen LogP contribution in [0.1, 0.15) is 13.8 Å². The molecule has 0 spiro atoms. The Labute approximate surface area is 100 Å². The van der Waals surface area contributed by atoms with Crippen LogP contribution in [-0.2, 0) is 10.0 Å². The van der Waals surface area contributed by atoms with Gasteiger partial charge in [0.25, 0.3) is 10.0 Å². The van der Waals surface area contributed by atoms with Crippen molar-refractivity contribution in [3.05, 3.63) is 23.6 Å². The number of rotatable bonds is 5. The average Bonchev–Trinajstić information content (AvgIpc) is 2.61. The molecule has 0 amide bonds. The maximum absolute atomic E-state index is 12.2. The van der Waals surface area contributed by atoms with Gasteiger partial charge in [-0.05, 0) is 13.0 Å². The lowest BCUT2D eigenvalue weighted by Crippen LogP contribution is -2.31. The molecule has 0 aliphatic rings. The summed E-state index contributed by atoms with van der Waals surface area (Å²) >= 11 is 1.14. The Kier molecular flexibility index (Phi) is 4.12. The van der Waals surface area contributed by atoms with Crippen LogP contribution in [-0.4, -0.2) is 25.8 Å². The lowest BCUT2D eigenvalue weighted by molar-refractivity contribution is 0.454. The smallest absolute Gasteiger partial charge is 0.252 e. The number of anilines is 1. The summed E-state index contributed by atoms with van der Waals surface area (Å²) in [5, 5.41) is 1.63. The maximum Gasteiger partial charge on any atom is 0.252 e. The predicted molar refractivity (Wildman–Crippen MR) is 68.0 cm³/mol. The molecule has 0 aromatic carbocycles. The highest BCUT2D eigenvalue weighted by molar-refractivity contribution is 7.91. The van der Waals surface area contributed by atoms with Gasteiger partial charge in [-0.25, -0.2) is 8.42 Å². The van der Waals surface area contributed by atoms with Crippen LogP contribution in [0.5, 0.6) is 0 Å². The molecule has 0 aliphatic heterocycles. The molecule has 0 aliphatic carbocycles. The second-order valence-electron chi connectivity index (χ2n) is 3.59. The zero-order chi connectivity index (χ0) is 12.3. The monoisotopic (exact) mass is 260 g/mol. The summed E-state index contributed by atoms with van der Waals surface area (Å²) in [7, 11) is -3.41. The standard InChI is InChI=1S/C10H16N2O2S2/c1-4-12(6-8(2)3)16(13,14)10-5-9(11)7-15-10/h5,7H,2,4,6,11H2,1,3H3. The minimum atomic E-state index is -3.41. The lowest BCUT2D eigenvalue weighted by Gasteiger charge is -2.19. The fraction of sp³-hybridized carbons (Fsp3) is 0.400. The van der Waals surface area contributed by atoms with E-state index >= 15 is 0 Å². The van der Waals surface area contributed by atoms with Crippen LogP contribution in [0, 0.1) is 0 Å². The van der Waals surface area contributed by atoms with E-state index in [1.54, 1.807) is 19.2 Å². The number of hydrogen-bond acceptors (Lipinski definition) is 4. The number of thiophene rings is 1. The highest BCUT2D eigenvalue weighted by Crippen LogP contribution is 2.25. The highest BCUT2D eigenvalue weighted by Gasteiger charge is 2.24. The molecule has 0 saturated carbocycles. The molecule has 4 nitrogen and oxygen atoms in total. The van der Waals surface area contributed by atoms with Crippen molar-refractivity contribution >= 4 is 27.0 Å². The molecule has 16 heavy (non-hydrogen) atoms. The van der Waals surface area contributed by atoms with Crippen LogP contribution in [0.4, 0.5) is 5.69 Å². The van der Waals surface area contributed by atoms with Gasteiger partial charge in [-0.3, -0.25) is 0 Å². The third kappa shape index (κ3) is 2.84. The maximum atomic E-state index is 12.2. The van der Waals surface area contributed by atoms with Crippen LogP contribution in [0.3, 0.4) is 0 Å². The van der Waals surface area contributed by atoms with Crippen LogP contribution < -0.4 is 5.73 Å². The third-order valence-corrected chi connectivity index (χ3v) is 5.34. The SMILES string of the molecule is C=C(C)CN(CC)S(=O)(=O)c1cc(N)cs1. The van der Waals surface area contributed by atoms with Crippen molar-refractivity contribution in [2.24, 2.45) is 0 Å². The molecule has 0 atom stereocenters. The zero-order valence-electron chi connectivity index (χ0n) is 9.43. The van der Waals surface area contributed by atoms with Gasteiger partial charge in [0.05, 0.1) is 0 Å². The first-order chi connectivity index (χ1) is 7.37.